The number of hydrogen-bond acceptors (Lipinski definition) is 2. The fraction of sp³-hybridized carbons (Fsp3) is 0.650. The van der Waals surface area contributed by atoms with E-state index in [0.29, 0.717) is 5.02 Å². The minimum atomic E-state index is 0.000916. The van der Waals surface area contributed by atoms with Crippen molar-refractivity contribution in [1.29, 1.82) is 0 Å². The molecule has 0 radical (unpaired) electrons. The lowest BCUT2D eigenvalue weighted by molar-refractivity contribution is 0.101. The van der Waals surface area contributed by atoms with Crippen molar-refractivity contribution in [3.8, 4) is 0 Å². The number of carbonyl (C=O) groups excluding carboxylic acids is 1. The number of hydrogen-bond donors (Lipinski definition) is 1. The molecular formula is C20H30ClN3O. The minimum absolute atomic E-state index is 0.000916. The van der Waals surface area contributed by atoms with Crippen molar-refractivity contribution in [3.63, 3.8) is 0 Å². The third-order valence-corrected chi connectivity index (χ3v) is 5.71. The lowest BCUT2D eigenvalue weighted by atomic mass is 9.89. The summed E-state index contributed by atoms with van der Waals surface area (Å²) >= 11 is 5.88. The zero-order valence-corrected chi connectivity index (χ0v) is 16.1. The molecule has 2 aliphatic rings. The van der Waals surface area contributed by atoms with Gasteiger partial charge in [-0.05, 0) is 61.3 Å². The Morgan fingerprint density at radius 2 is 1.72 bits per heavy atom. The van der Waals surface area contributed by atoms with E-state index in [4.69, 9.17) is 11.6 Å². The maximum Gasteiger partial charge on any atom is 0.321 e. The van der Waals surface area contributed by atoms with Crippen molar-refractivity contribution in [3.05, 3.63) is 29.3 Å². The molecule has 0 saturated carbocycles. The summed E-state index contributed by atoms with van der Waals surface area (Å²) in [4.78, 5) is 17.0. The fourth-order valence-electron chi connectivity index (χ4n) is 4.36. The molecule has 5 heteroatoms. The predicted molar refractivity (Wildman–Crippen MR) is 104 cm³/mol. The van der Waals surface area contributed by atoms with E-state index in [1.807, 2.05) is 17.0 Å². The zero-order chi connectivity index (χ0) is 17.8. The van der Waals surface area contributed by atoms with E-state index < -0.39 is 0 Å². The molecule has 2 atom stereocenters. The first-order valence-electron chi connectivity index (χ1n) is 9.53. The fourth-order valence-corrected chi connectivity index (χ4v) is 4.49. The standard InChI is InChI=1S/C20H30ClN3O/c1-15-11-16(2)13-23(12-15)14-17-7-9-24(10-8-17)20(25)22-19-5-3-18(21)4-6-19/h3-6,15-17H,7-14H2,1-2H3,(H,22,25)/t15-,16-/m0/s1. The lowest BCUT2D eigenvalue weighted by Crippen LogP contribution is -2.46. The highest BCUT2D eigenvalue weighted by atomic mass is 35.5. The van der Waals surface area contributed by atoms with Gasteiger partial charge in [-0.1, -0.05) is 25.4 Å². The summed E-state index contributed by atoms with van der Waals surface area (Å²) in [5.41, 5.74) is 0.799. The molecule has 0 aliphatic carbocycles. The van der Waals surface area contributed by atoms with Gasteiger partial charge < -0.3 is 15.1 Å². The molecule has 4 nitrogen and oxygen atoms in total. The Morgan fingerprint density at radius 3 is 2.32 bits per heavy atom. The molecule has 0 aromatic heterocycles. The monoisotopic (exact) mass is 363 g/mol. The number of nitrogens with one attached hydrogen (secondary N) is 1. The van der Waals surface area contributed by atoms with Crippen LogP contribution in [0.3, 0.4) is 0 Å². The molecule has 25 heavy (non-hydrogen) atoms. The molecule has 2 fully saturated rings. The zero-order valence-electron chi connectivity index (χ0n) is 15.4. The summed E-state index contributed by atoms with van der Waals surface area (Å²) in [6.45, 7) is 10.1. The Labute approximate surface area is 156 Å². The van der Waals surface area contributed by atoms with E-state index in [1.165, 1.54) is 26.1 Å². The van der Waals surface area contributed by atoms with Gasteiger partial charge in [0.25, 0.3) is 0 Å². The first kappa shape index (κ1) is 18.5. The number of benzene rings is 1. The summed E-state index contributed by atoms with van der Waals surface area (Å²) in [5, 5.41) is 3.65. The van der Waals surface area contributed by atoms with E-state index in [-0.39, 0.29) is 6.03 Å². The second-order valence-corrected chi connectivity index (χ2v) is 8.47. The van der Waals surface area contributed by atoms with Crippen LogP contribution in [0.2, 0.25) is 5.02 Å². The van der Waals surface area contributed by atoms with Crippen LogP contribution in [0.1, 0.15) is 33.1 Å². The van der Waals surface area contributed by atoms with Crippen LogP contribution >= 0.6 is 11.6 Å². The van der Waals surface area contributed by atoms with Crippen molar-refractivity contribution in [2.75, 3.05) is 38.0 Å². The largest absolute Gasteiger partial charge is 0.325 e. The van der Waals surface area contributed by atoms with Gasteiger partial charge in [0, 0.05) is 43.4 Å². The highest BCUT2D eigenvalue weighted by molar-refractivity contribution is 6.30. The maximum absolute atomic E-state index is 12.4. The highest BCUT2D eigenvalue weighted by Gasteiger charge is 2.27. The number of nitrogens with zero attached hydrogens (tertiary/aromatic N) is 2. The molecule has 0 spiro atoms. The van der Waals surface area contributed by atoms with Gasteiger partial charge in [-0.25, -0.2) is 4.79 Å². The molecule has 138 valence electrons. The Kier molecular flexibility index (Phi) is 6.24. The van der Waals surface area contributed by atoms with Crippen molar-refractivity contribution >= 4 is 23.3 Å². The van der Waals surface area contributed by atoms with E-state index in [2.05, 4.69) is 24.1 Å². The molecule has 1 N–H and O–H groups in total. The van der Waals surface area contributed by atoms with Crippen LogP contribution in [0.4, 0.5) is 10.5 Å². The van der Waals surface area contributed by atoms with E-state index >= 15 is 0 Å². The SMILES string of the molecule is C[C@H]1C[C@H](C)CN(CC2CCN(C(=O)Nc3ccc(Cl)cc3)CC2)C1. The van der Waals surface area contributed by atoms with Gasteiger partial charge in [-0.15, -0.1) is 0 Å². The molecular weight excluding hydrogens is 334 g/mol. The topological polar surface area (TPSA) is 35.6 Å². The molecule has 1 aromatic rings. The van der Waals surface area contributed by atoms with Crippen molar-refractivity contribution in [2.45, 2.75) is 33.1 Å². The number of rotatable bonds is 3. The van der Waals surface area contributed by atoms with Crippen LogP contribution in [-0.2, 0) is 0 Å². The second-order valence-electron chi connectivity index (χ2n) is 8.03. The van der Waals surface area contributed by atoms with Crippen LogP contribution in [-0.4, -0.2) is 48.6 Å². The van der Waals surface area contributed by atoms with Crippen molar-refractivity contribution < 1.29 is 4.79 Å². The number of amides is 2. The normalized spacial score (nSPS) is 25.8. The summed E-state index contributed by atoms with van der Waals surface area (Å²) in [7, 11) is 0. The first-order chi connectivity index (χ1) is 12.0. The van der Waals surface area contributed by atoms with Crippen molar-refractivity contribution in [1.82, 2.24) is 9.80 Å². The Hall–Kier alpha value is -1.26. The van der Waals surface area contributed by atoms with E-state index in [1.54, 1.807) is 12.1 Å². The Balaban J connectivity index is 1.43. The molecule has 2 aliphatic heterocycles. The van der Waals surface area contributed by atoms with Gasteiger partial charge >= 0.3 is 6.03 Å². The molecule has 0 bridgehead atoms. The summed E-state index contributed by atoms with van der Waals surface area (Å²) in [6.07, 6.45) is 3.57. The second kappa shape index (κ2) is 8.41. The summed E-state index contributed by atoms with van der Waals surface area (Å²) in [5.74, 6) is 2.35. The Bertz CT molecular complexity index is 559. The van der Waals surface area contributed by atoms with Crippen LogP contribution in [0.15, 0.2) is 24.3 Å². The number of likely N-dealkylation sites (tertiary alicyclic amines) is 2. The number of urea groups is 1. The molecule has 0 unspecified atom stereocenters. The van der Waals surface area contributed by atoms with Gasteiger partial charge in [-0.2, -0.15) is 0 Å². The number of halogens is 1. The maximum atomic E-state index is 12.4. The smallest absolute Gasteiger partial charge is 0.321 e. The molecule has 2 amide bonds. The minimum Gasteiger partial charge on any atom is -0.325 e. The summed E-state index contributed by atoms with van der Waals surface area (Å²) in [6, 6.07) is 7.27. The van der Waals surface area contributed by atoms with E-state index in [0.717, 1.165) is 49.4 Å². The third kappa shape index (κ3) is 5.35. The van der Waals surface area contributed by atoms with Crippen LogP contribution in [0, 0.1) is 17.8 Å². The number of carbonyl (C=O) groups is 1. The quantitative estimate of drug-likeness (QED) is 0.854. The predicted octanol–water partition coefficient (Wildman–Crippen LogP) is 4.56. The first-order valence-corrected chi connectivity index (χ1v) is 9.91. The average molecular weight is 364 g/mol. The molecule has 2 saturated heterocycles. The van der Waals surface area contributed by atoms with Gasteiger partial charge in [0.2, 0.25) is 0 Å². The average Bonchev–Trinajstić information content (AvgIpc) is 2.56. The highest BCUT2D eigenvalue weighted by Crippen LogP contribution is 2.25. The van der Waals surface area contributed by atoms with Gasteiger partial charge in [0.05, 0.1) is 0 Å². The Morgan fingerprint density at radius 1 is 1.12 bits per heavy atom. The third-order valence-electron chi connectivity index (χ3n) is 5.46. The summed E-state index contributed by atoms with van der Waals surface area (Å²) < 4.78 is 0. The molecule has 1 aromatic carbocycles. The van der Waals surface area contributed by atoms with Gasteiger partial charge in [-0.3, -0.25) is 0 Å². The number of piperidine rings is 2. The van der Waals surface area contributed by atoms with Crippen molar-refractivity contribution in [2.24, 2.45) is 17.8 Å². The van der Waals surface area contributed by atoms with Gasteiger partial charge in [0.1, 0.15) is 0 Å². The van der Waals surface area contributed by atoms with Crippen LogP contribution in [0.5, 0.6) is 0 Å². The molecule has 2 heterocycles. The van der Waals surface area contributed by atoms with Crippen LogP contribution in [0.25, 0.3) is 0 Å². The molecule has 3 rings (SSSR count). The van der Waals surface area contributed by atoms with Gasteiger partial charge in [0.15, 0.2) is 0 Å². The number of anilines is 1. The van der Waals surface area contributed by atoms with E-state index in [9.17, 15) is 4.79 Å². The lowest BCUT2D eigenvalue weighted by Gasteiger charge is -2.39. The van der Waals surface area contributed by atoms with Crippen LogP contribution < -0.4 is 5.32 Å².